The van der Waals surface area contributed by atoms with Crippen molar-refractivity contribution in [3.05, 3.63) is 51.5 Å². The van der Waals surface area contributed by atoms with Crippen molar-refractivity contribution in [2.75, 3.05) is 0 Å². The first-order chi connectivity index (χ1) is 10.4. The van der Waals surface area contributed by atoms with Crippen molar-refractivity contribution in [3.63, 3.8) is 0 Å². The Bertz CT molecular complexity index is 630. The lowest BCUT2D eigenvalue weighted by Gasteiger charge is -2.21. The largest absolute Gasteiger partial charge is 0.433 e. The molecular formula is C16H17F3N2S. The molecule has 0 bridgehead atoms. The maximum Gasteiger partial charge on any atom is 0.433 e. The number of hydrogen-bond acceptors (Lipinski definition) is 3. The van der Waals surface area contributed by atoms with Gasteiger partial charge in [-0.05, 0) is 43.5 Å². The Kier molecular flexibility index (Phi) is 4.23. The molecule has 0 N–H and O–H groups in total. The standard InChI is InChI=1S/C16H17F3N2S/c1-11-2-6-14(22-11)10-21(13-4-5-13)9-12-3-7-15(20-8-12)16(17,18)19/h2-3,6-8,13H,4-5,9-10H2,1H3. The Balaban J connectivity index is 1.68. The average molecular weight is 326 g/mol. The summed E-state index contributed by atoms with van der Waals surface area (Å²) in [4.78, 5) is 8.45. The monoisotopic (exact) mass is 326 g/mol. The predicted molar refractivity (Wildman–Crippen MR) is 80.6 cm³/mol. The molecular weight excluding hydrogens is 309 g/mol. The smallest absolute Gasteiger partial charge is 0.291 e. The lowest BCUT2D eigenvalue weighted by atomic mass is 10.2. The molecule has 0 radical (unpaired) electrons. The summed E-state index contributed by atoms with van der Waals surface area (Å²) < 4.78 is 37.6. The molecule has 0 aliphatic heterocycles. The van der Waals surface area contributed by atoms with Crippen molar-refractivity contribution in [1.82, 2.24) is 9.88 Å². The highest BCUT2D eigenvalue weighted by Crippen LogP contribution is 2.32. The molecule has 118 valence electrons. The molecule has 1 aliphatic rings. The molecule has 1 aliphatic carbocycles. The van der Waals surface area contributed by atoms with Crippen LogP contribution >= 0.6 is 11.3 Å². The second kappa shape index (κ2) is 6.01. The molecule has 2 aromatic rings. The van der Waals surface area contributed by atoms with Gasteiger partial charge >= 0.3 is 6.18 Å². The first-order valence-corrected chi connectivity index (χ1v) is 8.05. The molecule has 0 saturated heterocycles. The summed E-state index contributed by atoms with van der Waals surface area (Å²) in [6.45, 7) is 3.58. The van der Waals surface area contributed by atoms with Crippen molar-refractivity contribution in [1.29, 1.82) is 0 Å². The topological polar surface area (TPSA) is 16.1 Å². The Labute approximate surface area is 131 Å². The highest BCUT2D eigenvalue weighted by atomic mass is 32.1. The normalized spacial score (nSPS) is 15.5. The van der Waals surface area contributed by atoms with Crippen LogP contribution in [0.5, 0.6) is 0 Å². The zero-order valence-electron chi connectivity index (χ0n) is 12.2. The molecule has 0 amide bonds. The van der Waals surface area contributed by atoms with Crippen molar-refractivity contribution in [3.8, 4) is 0 Å². The van der Waals surface area contributed by atoms with E-state index in [1.807, 2.05) is 0 Å². The molecule has 2 heterocycles. The highest BCUT2D eigenvalue weighted by molar-refractivity contribution is 7.11. The summed E-state index contributed by atoms with van der Waals surface area (Å²) in [5, 5.41) is 0. The third-order valence-corrected chi connectivity index (χ3v) is 4.70. The van der Waals surface area contributed by atoms with Crippen LogP contribution in [0.1, 0.15) is 33.9 Å². The minimum Gasteiger partial charge on any atom is -0.291 e. The van der Waals surface area contributed by atoms with Gasteiger partial charge in [-0.2, -0.15) is 13.2 Å². The van der Waals surface area contributed by atoms with Crippen molar-refractivity contribution < 1.29 is 13.2 Å². The van der Waals surface area contributed by atoms with Gasteiger partial charge in [0, 0.05) is 35.1 Å². The van der Waals surface area contributed by atoms with E-state index < -0.39 is 11.9 Å². The summed E-state index contributed by atoms with van der Waals surface area (Å²) in [7, 11) is 0. The van der Waals surface area contributed by atoms with Gasteiger partial charge in [0.25, 0.3) is 0 Å². The van der Waals surface area contributed by atoms with Gasteiger partial charge in [-0.3, -0.25) is 9.88 Å². The fourth-order valence-electron chi connectivity index (χ4n) is 2.44. The molecule has 3 rings (SSSR count). The molecule has 6 heteroatoms. The van der Waals surface area contributed by atoms with Crippen LogP contribution in [0.2, 0.25) is 0 Å². The third kappa shape index (κ3) is 3.87. The van der Waals surface area contributed by atoms with Crippen molar-refractivity contribution in [2.24, 2.45) is 0 Å². The zero-order valence-corrected chi connectivity index (χ0v) is 13.0. The van der Waals surface area contributed by atoms with Gasteiger partial charge in [-0.15, -0.1) is 11.3 Å². The molecule has 0 aromatic carbocycles. The number of thiophene rings is 1. The van der Waals surface area contributed by atoms with E-state index in [1.165, 1.54) is 34.9 Å². The maximum absolute atomic E-state index is 12.5. The van der Waals surface area contributed by atoms with Gasteiger partial charge in [-0.1, -0.05) is 6.07 Å². The van der Waals surface area contributed by atoms with Crippen LogP contribution in [-0.2, 0) is 19.3 Å². The molecule has 0 spiro atoms. The van der Waals surface area contributed by atoms with Crippen LogP contribution in [0.15, 0.2) is 30.5 Å². The fraction of sp³-hybridized carbons (Fsp3) is 0.438. The quantitative estimate of drug-likeness (QED) is 0.796. The summed E-state index contributed by atoms with van der Waals surface area (Å²) >= 11 is 1.77. The zero-order chi connectivity index (χ0) is 15.7. The third-order valence-electron chi connectivity index (χ3n) is 3.72. The van der Waals surface area contributed by atoms with E-state index in [0.29, 0.717) is 12.6 Å². The number of rotatable bonds is 5. The molecule has 22 heavy (non-hydrogen) atoms. The van der Waals surface area contributed by atoms with Gasteiger partial charge in [0.2, 0.25) is 0 Å². The molecule has 2 aromatic heterocycles. The Hall–Kier alpha value is -1.40. The number of hydrogen-bond donors (Lipinski definition) is 0. The van der Waals surface area contributed by atoms with Crippen LogP contribution in [-0.4, -0.2) is 15.9 Å². The lowest BCUT2D eigenvalue weighted by molar-refractivity contribution is -0.141. The summed E-state index contributed by atoms with van der Waals surface area (Å²) in [6, 6.07) is 7.37. The van der Waals surface area contributed by atoms with E-state index in [1.54, 1.807) is 11.3 Å². The number of pyridine rings is 1. The molecule has 1 fully saturated rings. The molecule has 2 nitrogen and oxygen atoms in total. The number of halogens is 3. The first-order valence-electron chi connectivity index (χ1n) is 7.23. The van der Waals surface area contributed by atoms with Crippen LogP contribution in [0.25, 0.3) is 0 Å². The highest BCUT2D eigenvalue weighted by Gasteiger charge is 2.32. The summed E-state index contributed by atoms with van der Waals surface area (Å²) in [5.74, 6) is 0. The second-order valence-corrected chi connectivity index (χ2v) is 7.07. The lowest BCUT2D eigenvalue weighted by Crippen LogP contribution is -2.24. The van der Waals surface area contributed by atoms with E-state index in [4.69, 9.17) is 0 Å². The second-order valence-electron chi connectivity index (χ2n) is 5.70. The molecule has 1 saturated carbocycles. The minimum absolute atomic E-state index is 0.546. The van der Waals surface area contributed by atoms with E-state index in [2.05, 4.69) is 28.9 Å². The van der Waals surface area contributed by atoms with Gasteiger partial charge in [0.05, 0.1) is 0 Å². The first kappa shape index (κ1) is 15.5. The SMILES string of the molecule is Cc1ccc(CN(Cc2ccc(C(F)(F)F)nc2)C2CC2)s1. The van der Waals surface area contributed by atoms with Gasteiger partial charge < -0.3 is 0 Å². The summed E-state index contributed by atoms with van der Waals surface area (Å²) in [5.41, 5.74) is -0.00344. The summed E-state index contributed by atoms with van der Waals surface area (Å²) in [6.07, 6.45) is -0.697. The Morgan fingerprint density at radius 3 is 2.45 bits per heavy atom. The van der Waals surface area contributed by atoms with Crippen LogP contribution < -0.4 is 0 Å². The average Bonchev–Trinajstić information content (AvgIpc) is 3.22. The van der Waals surface area contributed by atoms with Crippen LogP contribution in [0.3, 0.4) is 0 Å². The minimum atomic E-state index is -4.37. The Morgan fingerprint density at radius 2 is 1.95 bits per heavy atom. The number of aromatic nitrogens is 1. The van der Waals surface area contributed by atoms with Gasteiger partial charge in [0.1, 0.15) is 5.69 Å². The fourth-order valence-corrected chi connectivity index (χ4v) is 3.36. The van der Waals surface area contributed by atoms with E-state index in [0.717, 1.165) is 18.2 Å². The van der Waals surface area contributed by atoms with Crippen LogP contribution in [0, 0.1) is 6.92 Å². The number of aryl methyl sites for hydroxylation is 1. The predicted octanol–water partition coefficient (Wildman–Crippen LogP) is 4.63. The van der Waals surface area contributed by atoms with Crippen molar-refractivity contribution >= 4 is 11.3 Å². The van der Waals surface area contributed by atoms with Gasteiger partial charge in [-0.25, -0.2) is 0 Å². The number of alkyl halides is 3. The van der Waals surface area contributed by atoms with Gasteiger partial charge in [0.15, 0.2) is 0 Å². The number of nitrogens with zero attached hydrogens (tertiary/aromatic N) is 2. The van der Waals surface area contributed by atoms with E-state index in [-0.39, 0.29) is 0 Å². The Morgan fingerprint density at radius 1 is 1.18 bits per heavy atom. The van der Waals surface area contributed by atoms with E-state index >= 15 is 0 Å². The maximum atomic E-state index is 12.5. The van der Waals surface area contributed by atoms with Crippen LogP contribution in [0.4, 0.5) is 13.2 Å². The molecule has 0 atom stereocenters. The van der Waals surface area contributed by atoms with E-state index in [9.17, 15) is 13.2 Å². The van der Waals surface area contributed by atoms with Crippen molar-refractivity contribution in [2.45, 2.75) is 45.1 Å². The molecule has 0 unspecified atom stereocenters.